The fraction of sp³-hybridized carbons (Fsp3) is 0.136. The van der Waals surface area contributed by atoms with Crippen molar-refractivity contribution in [2.24, 2.45) is 0 Å². The highest BCUT2D eigenvalue weighted by Gasteiger charge is 2.17. The molecule has 1 nitrogen and oxygen atoms in total. The number of thiazole rings is 1. The average Bonchev–Trinajstić information content (AvgIpc) is 2.98. The Morgan fingerprint density at radius 1 is 0.958 bits per heavy atom. The molecular formula is C22H20NS+. The second-order valence-corrected chi connectivity index (χ2v) is 7.07. The van der Waals surface area contributed by atoms with Gasteiger partial charge in [-0.05, 0) is 41.8 Å². The molecule has 0 N–H and O–H groups in total. The predicted octanol–water partition coefficient (Wildman–Crippen LogP) is 5.92. The van der Waals surface area contributed by atoms with Crippen LogP contribution in [0.1, 0.15) is 24.4 Å². The summed E-state index contributed by atoms with van der Waals surface area (Å²) in [6.07, 6.45) is 2.33. The molecule has 0 spiro atoms. The van der Waals surface area contributed by atoms with E-state index in [2.05, 4.69) is 91.2 Å². The molecule has 0 radical (unpaired) electrons. The first-order valence-electron chi connectivity index (χ1n) is 8.35. The van der Waals surface area contributed by atoms with Gasteiger partial charge in [-0.15, -0.1) is 0 Å². The second kappa shape index (κ2) is 6.21. The molecule has 2 heteroatoms. The van der Waals surface area contributed by atoms with Gasteiger partial charge in [-0.2, -0.15) is 4.57 Å². The van der Waals surface area contributed by atoms with E-state index >= 15 is 0 Å². The van der Waals surface area contributed by atoms with E-state index in [1.807, 2.05) is 11.3 Å². The van der Waals surface area contributed by atoms with E-state index in [9.17, 15) is 0 Å². The van der Waals surface area contributed by atoms with Crippen LogP contribution in [0.2, 0.25) is 0 Å². The SMILES string of the molecule is CC[n+]1c(C=C(C)c2cccc3ccccc23)sc2ccccc21. The summed E-state index contributed by atoms with van der Waals surface area (Å²) in [4.78, 5) is 0. The molecule has 0 aliphatic heterocycles. The number of allylic oxidation sites excluding steroid dienone is 1. The Bertz CT molecular complexity index is 1050. The Morgan fingerprint density at radius 2 is 1.71 bits per heavy atom. The molecule has 0 bridgehead atoms. The fourth-order valence-corrected chi connectivity index (χ4v) is 4.55. The van der Waals surface area contributed by atoms with Crippen LogP contribution in [0.4, 0.5) is 0 Å². The summed E-state index contributed by atoms with van der Waals surface area (Å²) in [5.74, 6) is 0. The lowest BCUT2D eigenvalue weighted by molar-refractivity contribution is -0.665. The third kappa shape index (κ3) is 2.53. The van der Waals surface area contributed by atoms with E-state index in [1.54, 1.807) is 0 Å². The average molecular weight is 330 g/mol. The minimum absolute atomic E-state index is 0.985. The van der Waals surface area contributed by atoms with E-state index in [0.29, 0.717) is 0 Å². The Kier molecular flexibility index (Phi) is 3.91. The third-order valence-corrected chi connectivity index (χ3v) is 5.62. The molecule has 1 heterocycles. The molecule has 0 atom stereocenters. The van der Waals surface area contributed by atoms with Gasteiger partial charge in [-0.3, -0.25) is 0 Å². The lowest BCUT2D eigenvalue weighted by Gasteiger charge is -2.06. The van der Waals surface area contributed by atoms with Crippen molar-refractivity contribution in [3.05, 3.63) is 77.3 Å². The van der Waals surface area contributed by atoms with Crippen molar-refractivity contribution in [3.63, 3.8) is 0 Å². The summed E-state index contributed by atoms with van der Waals surface area (Å²) in [6, 6.07) is 23.8. The maximum atomic E-state index is 2.40. The molecule has 3 aromatic carbocycles. The van der Waals surface area contributed by atoms with Crippen LogP contribution in [0.15, 0.2) is 66.7 Å². The van der Waals surface area contributed by atoms with Gasteiger partial charge in [0.25, 0.3) is 5.01 Å². The lowest BCUT2D eigenvalue weighted by Crippen LogP contribution is -2.33. The number of nitrogens with zero attached hydrogens (tertiary/aromatic N) is 1. The topological polar surface area (TPSA) is 3.88 Å². The van der Waals surface area contributed by atoms with Gasteiger partial charge in [0.1, 0.15) is 11.2 Å². The first kappa shape index (κ1) is 15.1. The maximum Gasteiger partial charge on any atom is 0.263 e. The predicted molar refractivity (Wildman–Crippen MR) is 105 cm³/mol. The number of hydrogen-bond acceptors (Lipinski definition) is 1. The van der Waals surface area contributed by atoms with Crippen LogP contribution >= 0.6 is 11.3 Å². The summed E-state index contributed by atoms with van der Waals surface area (Å²) in [6.45, 7) is 5.41. The zero-order chi connectivity index (χ0) is 16.5. The highest BCUT2D eigenvalue weighted by Crippen LogP contribution is 2.28. The van der Waals surface area contributed by atoms with E-state index in [-0.39, 0.29) is 0 Å². The van der Waals surface area contributed by atoms with Gasteiger partial charge in [0.05, 0.1) is 0 Å². The largest absolute Gasteiger partial charge is 0.263 e. The van der Waals surface area contributed by atoms with Gasteiger partial charge >= 0.3 is 0 Å². The Labute approximate surface area is 146 Å². The summed E-state index contributed by atoms with van der Waals surface area (Å²) < 4.78 is 3.74. The maximum absolute atomic E-state index is 2.40. The van der Waals surface area contributed by atoms with Crippen molar-refractivity contribution < 1.29 is 4.57 Å². The second-order valence-electron chi connectivity index (χ2n) is 6.01. The Morgan fingerprint density at radius 3 is 2.58 bits per heavy atom. The Hall–Kier alpha value is -2.45. The van der Waals surface area contributed by atoms with Crippen LogP contribution in [0.3, 0.4) is 0 Å². The molecule has 0 saturated carbocycles. The zero-order valence-electron chi connectivity index (χ0n) is 14.0. The summed E-state index contributed by atoms with van der Waals surface area (Å²) in [7, 11) is 0. The van der Waals surface area contributed by atoms with Crippen molar-refractivity contribution in [1.82, 2.24) is 0 Å². The first-order chi connectivity index (χ1) is 11.8. The van der Waals surface area contributed by atoms with Crippen molar-refractivity contribution in [1.29, 1.82) is 0 Å². The highest BCUT2D eigenvalue weighted by molar-refractivity contribution is 7.18. The van der Waals surface area contributed by atoms with Crippen LogP contribution < -0.4 is 4.57 Å². The number of fused-ring (bicyclic) bond motifs is 2. The molecule has 4 rings (SSSR count). The third-order valence-electron chi connectivity index (χ3n) is 4.51. The molecule has 0 unspecified atom stereocenters. The molecule has 1 aromatic heterocycles. The smallest absolute Gasteiger partial charge is 0.182 e. The monoisotopic (exact) mass is 330 g/mol. The van der Waals surface area contributed by atoms with Crippen molar-refractivity contribution in [2.45, 2.75) is 20.4 Å². The molecule has 0 amide bonds. The highest BCUT2D eigenvalue weighted by atomic mass is 32.1. The van der Waals surface area contributed by atoms with Crippen molar-refractivity contribution in [2.75, 3.05) is 0 Å². The van der Waals surface area contributed by atoms with Crippen molar-refractivity contribution in [3.8, 4) is 0 Å². The summed E-state index contributed by atoms with van der Waals surface area (Å²) >= 11 is 1.86. The lowest BCUT2D eigenvalue weighted by atomic mass is 9.99. The van der Waals surface area contributed by atoms with Gasteiger partial charge in [0.2, 0.25) is 5.52 Å². The van der Waals surface area contributed by atoms with Crippen molar-refractivity contribution >= 4 is 44.0 Å². The van der Waals surface area contributed by atoms with Crippen LogP contribution in [-0.2, 0) is 6.54 Å². The first-order valence-corrected chi connectivity index (χ1v) is 9.17. The van der Waals surface area contributed by atoms with E-state index in [4.69, 9.17) is 0 Å². The Balaban J connectivity index is 1.89. The van der Waals surface area contributed by atoms with Gasteiger partial charge in [-0.1, -0.05) is 65.9 Å². The number of para-hydroxylation sites is 1. The molecule has 0 aliphatic rings. The fourth-order valence-electron chi connectivity index (χ4n) is 3.32. The molecule has 0 fully saturated rings. The van der Waals surface area contributed by atoms with Crippen LogP contribution in [-0.4, -0.2) is 0 Å². The van der Waals surface area contributed by atoms with E-state index in [1.165, 1.54) is 37.1 Å². The molecule has 0 aliphatic carbocycles. The van der Waals surface area contributed by atoms with Crippen LogP contribution in [0.5, 0.6) is 0 Å². The molecule has 0 saturated heterocycles. The summed E-state index contributed by atoms with van der Waals surface area (Å²) in [5, 5.41) is 3.92. The number of rotatable bonds is 3. The zero-order valence-corrected chi connectivity index (χ0v) is 14.8. The minimum Gasteiger partial charge on any atom is -0.182 e. The van der Waals surface area contributed by atoms with E-state index in [0.717, 1.165) is 6.54 Å². The molecule has 4 aromatic rings. The standard InChI is InChI=1S/C22H20NS/c1-3-23-20-13-6-7-14-21(20)24-22(23)15-16(2)18-12-8-10-17-9-4-5-11-19(17)18/h4-15H,3H2,1-2H3/q+1. The number of aromatic nitrogens is 1. The normalized spacial score (nSPS) is 12.2. The van der Waals surface area contributed by atoms with Crippen LogP contribution in [0.25, 0.3) is 32.6 Å². The van der Waals surface area contributed by atoms with Gasteiger partial charge in [0, 0.05) is 12.1 Å². The molecule has 118 valence electrons. The minimum atomic E-state index is 0.985. The number of aryl methyl sites for hydroxylation is 1. The molecule has 24 heavy (non-hydrogen) atoms. The number of hydrogen-bond donors (Lipinski definition) is 0. The van der Waals surface area contributed by atoms with Gasteiger partial charge < -0.3 is 0 Å². The molecular weight excluding hydrogens is 310 g/mol. The van der Waals surface area contributed by atoms with Gasteiger partial charge in [0.15, 0.2) is 0 Å². The summed E-state index contributed by atoms with van der Waals surface area (Å²) in [5.41, 5.74) is 3.94. The van der Waals surface area contributed by atoms with E-state index < -0.39 is 0 Å². The van der Waals surface area contributed by atoms with Gasteiger partial charge in [-0.25, -0.2) is 0 Å². The number of benzene rings is 3. The quantitative estimate of drug-likeness (QED) is 0.410. The van der Waals surface area contributed by atoms with Crippen LogP contribution in [0, 0.1) is 0 Å².